The first kappa shape index (κ1) is 13.4. The van der Waals surface area contributed by atoms with Gasteiger partial charge in [0.25, 0.3) is 0 Å². The average Bonchev–Trinajstić information content (AvgIpc) is 3.25. The van der Waals surface area contributed by atoms with E-state index in [0.717, 1.165) is 57.7 Å². The molecule has 8 nitrogen and oxygen atoms in total. The molecule has 2 fully saturated rings. The molecule has 0 radical (unpaired) electrons. The highest BCUT2D eigenvalue weighted by molar-refractivity contribution is 5.79. The number of rotatable bonds is 2. The normalized spacial score (nSPS) is 20.0. The Kier molecular flexibility index (Phi) is 3.36. The molecular formula is C14H19N7O. The van der Waals surface area contributed by atoms with E-state index in [4.69, 9.17) is 0 Å². The van der Waals surface area contributed by atoms with Gasteiger partial charge in [-0.3, -0.25) is 4.79 Å². The lowest BCUT2D eigenvalue weighted by molar-refractivity contribution is -0.135. The topological polar surface area (TPSA) is 79.5 Å². The van der Waals surface area contributed by atoms with E-state index in [1.165, 1.54) is 4.63 Å². The van der Waals surface area contributed by atoms with E-state index in [0.29, 0.717) is 11.6 Å². The van der Waals surface area contributed by atoms with Crippen LogP contribution in [-0.2, 0) is 4.79 Å². The molecule has 116 valence electrons. The quantitative estimate of drug-likeness (QED) is 0.797. The summed E-state index contributed by atoms with van der Waals surface area (Å²) in [6.45, 7) is 3.59. The number of amides is 1. The summed E-state index contributed by atoms with van der Waals surface area (Å²) in [4.78, 5) is 16.7. The zero-order chi connectivity index (χ0) is 14.9. The number of carbonyl (C=O) groups is 1. The molecule has 2 aliphatic heterocycles. The van der Waals surface area contributed by atoms with Gasteiger partial charge < -0.3 is 9.80 Å². The summed E-state index contributed by atoms with van der Waals surface area (Å²) in [6.07, 6.45) is 4.09. The predicted molar refractivity (Wildman–Crippen MR) is 79.3 cm³/mol. The van der Waals surface area contributed by atoms with Crippen LogP contribution < -0.4 is 4.90 Å². The van der Waals surface area contributed by atoms with Crippen molar-refractivity contribution in [3.63, 3.8) is 0 Å². The van der Waals surface area contributed by atoms with Crippen molar-refractivity contribution in [2.24, 2.45) is 5.92 Å². The van der Waals surface area contributed by atoms with Crippen LogP contribution in [0.15, 0.2) is 12.1 Å². The van der Waals surface area contributed by atoms with Gasteiger partial charge in [-0.15, -0.1) is 14.8 Å². The number of hydrogen-bond donors (Lipinski definition) is 0. The van der Waals surface area contributed by atoms with Gasteiger partial charge in [-0.05, 0) is 48.2 Å². The molecule has 0 saturated carbocycles. The lowest BCUT2D eigenvalue weighted by atomic mass is 9.95. The van der Waals surface area contributed by atoms with Gasteiger partial charge >= 0.3 is 0 Å². The van der Waals surface area contributed by atoms with Crippen LogP contribution in [0, 0.1) is 5.92 Å². The average molecular weight is 301 g/mol. The number of tetrazole rings is 1. The molecule has 1 amide bonds. The highest BCUT2D eigenvalue weighted by atomic mass is 16.2. The molecule has 0 atom stereocenters. The monoisotopic (exact) mass is 301 g/mol. The number of carbonyl (C=O) groups excluding carboxylic acids is 1. The van der Waals surface area contributed by atoms with Crippen LogP contribution in [0.2, 0.25) is 0 Å². The smallest absolute Gasteiger partial charge is 0.225 e. The van der Waals surface area contributed by atoms with Gasteiger partial charge in [-0.25, -0.2) is 0 Å². The fraction of sp³-hybridized carbons (Fsp3) is 0.643. The fourth-order valence-electron chi connectivity index (χ4n) is 3.36. The maximum Gasteiger partial charge on any atom is 0.225 e. The summed E-state index contributed by atoms with van der Waals surface area (Å²) in [7, 11) is 0. The Labute approximate surface area is 128 Å². The molecule has 2 aliphatic rings. The first-order valence-electron chi connectivity index (χ1n) is 7.90. The standard InChI is InChI=1S/C14H19N7O/c22-14(20-7-1-2-8-20)11-5-9-19(10-6-11)13-4-3-12-15-17-18-21(12)16-13/h3-4,11H,1-2,5-10H2. The lowest BCUT2D eigenvalue weighted by Crippen LogP contribution is -2.42. The predicted octanol–water partition coefficient (Wildman–Crippen LogP) is 0.358. The van der Waals surface area contributed by atoms with Crippen LogP contribution in [0.4, 0.5) is 5.82 Å². The van der Waals surface area contributed by atoms with Crippen LogP contribution in [0.5, 0.6) is 0 Å². The van der Waals surface area contributed by atoms with Gasteiger partial charge in [0.05, 0.1) is 0 Å². The molecule has 8 heteroatoms. The first-order chi connectivity index (χ1) is 10.8. The van der Waals surface area contributed by atoms with Crippen molar-refractivity contribution in [2.45, 2.75) is 25.7 Å². The Morgan fingerprint density at radius 1 is 1.09 bits per heavy atom. The maximum atomic E-state index is 12.4. The number of hydrogen-bond acceptors (Lipinski definition) is 6. The molecule has 2 aromatic rings. The minimum absolute atomic E-state index is 0.172. The van der Waals surface area contributed by atoms with Crippen molar-refractivity contribution in [3.8, 4) is 0 Å². The molecule has 0 spiro atoms. The van der Waals surface area contributed by atoms with Gasteiger partial charge in [-0.2, -0.15) is 0 Å². The Morgan fingerprint density at radius 2 is 1.86 bits per heavy atom. The third-order valence-corrected chi connectivity index (χ3v) is 4.64. The minimum atomic E-state index is 0.172. The third kappa shape index (κ3) is 2.38. The van der Waals surface area contributed by atoms with Crippen molar-refractivity contribution in [1.82, 2.24) is 30.2 Å². The third-order valence-electron chi connectivity index (χ3n) is 4.64. The maximum absolute atomic E-state index is 12.4. The number of likely N-dealkylation sites (tertiary alicyclic amines) is 1. The Hall–Kier alpha value is -2.25. The lowest BCUT2D eigenvalue weighted by Gasteiger charge is -2.33. The van der Waals surface area contributed by atoms with Gasteiger partial charge in [0.2, 0.25) is 5.91 Å². The first-order valence-corrected chi connectivity index (χ1v) is 7.90. The van der Waals surface area contributed by atoms with Crippen LogP contribution in [-0.4, -0.2) is 62.2 Å². The minimum Gasteiger partial charge on any atom is -0.355 e. The zero-order valence-electron chi connectivity index (χ0n) is 12.4. The summed E-state index contributed by atoms with van der Waals surface area (Å²) in [5.74, 6) is 1.39. The molecule has 22 heavy (non-hydrogen) atoms. The molecular weight excluding hydrogens is 282 g/mol. The molecule has 0 aliphatic carbocycles. The van der Waals surface area contributed by atoms with Crippen LogP contribution >= 0.6 is 0 Å². The molecule has 4 rings (SSSR count). The number of piperidine rings is 1. The molecule has 4 heterocycles. The van der Waals surface area contributed by atoms with E-state index < -0.39 is 0 Å². The van der Waals surface area contributed by atoms with Gasteiger partial charge in [0.15, 0.2) is 11.5 Å². The number of aromatic nitrogens is 5. The van der Waals surface area contributed by atoms with Crippen molar-refractivity contribution in [2.75, 3.05) is 31.1 Å². The fourth-order valence-corrected chi connectivity index (χ4v) is 3.36. The van der Waals surface area contributed by atoms with E-state index >= 15 is 0 Å². The van der Waals surface area contributed by atoms with E-state index in [9.17, 15) is 4.79 Å². The van der Waals surface area contributed by atoms with Crippen LogP contribution in [0.25, 0.3) is 5.65 Å². The highest BCUT2D eigenvalue weighted by Gasteiger charge is 2.30. The molecule has 0 bridgehead atoms. The summed E-state index contributed by atoms with van der Waals surface area (Å²) >= 11 is 0. The summed E-state index contributed by atoms with van der Waals surface area (Å²) in [6, 6.07) is 3.80. The number of anilines is 1. The van der Waals surface area contributed by atoms with Crippen molar-refractivity contribution in [1.29, 1.82) is 0 Å². The SMILES string of the molecule is O=C(C1CCN(c2ccc3nnnn3n2)CC1)N1CCCC1. The van der Waals surface area contributed by atoms with E-state index in [1.54, 1.807) is 0 Å². The summed E-state index contributed by atoms with van der Waals surface area (Å²) < 4.78 is 1.44. The van der Waals surface area contributed by atoms with E-state index in [1.807, 2.05) is 17.0 Å². The zero-order valence-corrected chi connectivity index (χ0v) is 12.4. The van der Waals surface area contributed by atoms with Crippen molar-refractivity contribution in [3.05, 3.63) is 12.1 Å². The van der Waals surface area contributed by atoms with Crippen LogP contribution in [0.3, 0.4) is 0 Å². The van der Waals surface area contributed by atoms with Gasteiger partial charge in [-0.1, -0.05) is 0 Å². The number of fused-ring (bicyclic) bond motifs is 1. The van der Waals surface area contributed by atoms with Crippen molar-refractivity contribution < 1.29 is 4.79 Å². The second kappa shape index (κ2) is 5.51. The van der Waals surface area contributed by atoms with Crippen molar-refractivity contribution >= 4 is 17.4 Å². The van der Waals surface area contributed by atoms with Gasteiger partial charge in [0, 0.05) is 32.1 Å². The molecule has 0 N–H and O–H groups in total. The Bertz CT molecular complexity index is 671. The summed E-state index contributed by atoms with van der Waals surface area (Å²) in [5, 5.41) is 15.7. The Balaban J connectivity index is 1.41. The highest BCUT2D eigenvalue weighted by Crippen LogP contribution is 2.24. The molecule has 2 aromatic heterocycles. The second-order valence-corrected chi connectivity index (χ2v) is 6.01. The molecule has 0 aromatic carbocycles. The van der Waals surface area contributed by atoms with Crippen LogP contribution in [0.1, 0.15) is 25.7 Å². The number of nitrogens with zero attached hydrogens (tertiary/aromatic N) is 7. The van der Waals surface area contributed by atoms with E-state index in [2.05, 4.69) is 25.5 Å². The van der Waals surface area contributed by atoms with E-state index in [-0.39, 0.29) is 5.92 Å². The Morgan fingerprint density at radius 3 is 2.64 bits per heavy atom. The largest absolute Gasteiger partial charge is 0.355 e. The van der Waals surface area contributed by atoms with Gasteiger partial charge in [0.1, 0.15) is 0 Å². The summed E-state index contributed by atoms with van der Waals surface area (Å²) in [5.41, 5.74) is 0.642. The molecule has 2 saturated heterocycles. The molecule has 0 unspecified atom stereocenters. The second-order valence-electron chi connectivity index (χ2n) is 6.01.